The fraction of sp³-hybridized carbons (Fsp3) is 0.600. The molecule has 0 atom stereocenters. The molecular weight excluding hydrogens is 308 g/mol. The highest BCUT2D eigenvalue weighted by Crippen LogP contribution is 2.22. The third-order valence-electron chi connectivity index (χ3n) is 3.84. The van der Waals surface area contributed by atoms with E-state index in [4.69, 9.17) is 11.6 Å². The number of rotatable bonds is 6. The summed E-state index contributed by atoms with van der Waals surface area (Å²) in [5.41, 5.74) is 0. The fourth-order valence-electron chi connectivity index (χ4n) is 2.67. The Morgan fingerprint density at radius 2 is 1.86 bits per heavy atom. The number of hydrogen-bond acceptors (Lipinski definition) is 3. The molecule has 4 nitrogen and oxygen atoms in total. The summed E-state index contributed by atoms with van der Waals surface area (Å²) in [6, 6.07) is 6.43. The predicted molar refractivity (Wildman–Crippen MR) is 86.1 cm³/mol. The van der Waals surface area contributed by atoms with Gasteiger partial charge in [0.15, 0.2) is 0 Å². The Kier molecular flexibility index (Phi) is 6.05. The van der Waals surface area contributed by atoms with E-state index in [9.17, 15) is 8.42 Å². The average molecular weight is 331 g/mol. The largest absolute Gasteiger partial charge is 0.317 e. The van der Waals surface area contributed by atoms with E-state index in [0.29, 0.717) is 28.9 Å². The number of nitrogens with one attached hydrogen (secondary N) is 1. The van der Waals surface area contributed by atoms with Crippen molar-refractivity contribution in [3.63, 3.8) is 0 Å². The SMILES string of the molecule is CCCN(CC1CCNCC1)S(=O)(=O)c1ccc(Cl)cc1. The van der Waals surface area contributed by atoms with Gasteiger partial charge in [-0.1, -0.05) is 18.5 Å². The lowest BCUT2D eigenvalue weighted by molar-refractivity contribution is 0.288. The van der Waals surface area contributed by atoms with E-state index in [1.54, 1.807) is 28.6 Å². The van der Waals surface area contributed by atoms with Crippen LogP contribution in [0.4, 0.5) is 0 Å². The van der Waals surface area contributed by atoms with Gasteiger partial charge in [0.25, 0.3) is 0 Å². The topological polar surface area (TPSA) is 49.4 Å². The molecule has 0 amide bonds. The van der Waals surface area contributed by atoms with Crippen LogP contribution < -0.4 is 5.32 Å². The number of halogens is 1. The Bertz CT molecular complexity index is 539. The van der Waals surface area contributed by atoms with E-state index in [2.05, 4.69) is 5.32 Å². The van der Waals surface area contributed by atoms with Gasteiger partial charge in [-0.15, -0.1) is 0 Å². The maximum atomic E-state index is 12.8. The van der Waals surface area contributed by atoms with E-state index in [0.717, 1.165) is 32.4 Å². The molecule has 1 saturated heterocycles. The van der Waals surface area contributed by atoms with Crippen molar-refractivity contribution in [3.8, 4) is 0 Å². The van der Waals surface area contributed by atoms with Gasteiger partial charge in [-0.05, 0) is 62.5 Å². The first-order valence-electron chi connectivity index (χ1n) is 7.50. The molecule has 0 aromatic heterocycles. The molecule has 0 unspecified atom stereocenters. The predicted octanol–water partition coefficient (Wildman–Crippen LogP) is 2.74. The van der Waals surface area contributed by atoms with Crippen molar-refractivity contribution in [2.75, 3.05) is 26.2 Å². The zero-order valence-electron chi connectivity index (χ0n) is 12.4. The molecule has 2 rings (SSSR count). The van der Waals surface area contributed by atoms with Gasteiger partial charge in [-0.2, -0.15) is 4.31 Å². The van der Waals surface area contributed by atoms with Gasteiger partial charge < -0.3 is 5.32 Å². The van der Waals surface area contributed by atoms with Gasteiger partial charge >= 0.3 is 0 Å². The highest BCUT2D eigenvalue weighted by atomic mass is 35.5. The van der Waals surface area contributed by atoms with Gasteiger partial charge in [-0.3, -0.25) is 0 Å². The molecule has 1 fully saturated rings. The van der Waals surface area contributed by atoms with Crippen LogP contribution in [0.2, 0.25) is 5.02 Å². The highest BCUT2D eigenvalue weighted by molar-refractivity contribution is 7.89. The normalized spacial score (nSPS) is 17.3. The van der Waals surface area contributed by atoms with Crippen LogP contribution in [0, 0.1) is 5.92 Å². The zero-order chi connectivity index (χ0) is 15.3. The van der Waals surface area contributed by atoms with Crippen LogP contribution in [0.25, 0.3) is 0 Å². The maximum Gasteiger partial charge on any atom is 0.243 e. The number of benzene rings is 1. The standard InChI is InChI=1S/C15H23ClN2O2S/c1-2-11-18(12-13-7-9-17-10-8-13)21(19,20)15-5-3-14(16)4-6-15/h3-6,13,17H,2,7-12H2,1H3. The summed E-state index contributed by atoms with van der Waals surface area (Å²) in [6.07, 6.45) is 2.89. The third-order valence-corrected chi connectivity index (χ3v) is 5.98. The van der Waals surface area contributed by atoms with Crippen LogP contribution in [0.3, 0.4) is 0 Å². The molecule has 0 bridgehead atoms. The molecule has 21 heavy (non-hydrogen) atoms. The second-order valence-electron chi connectivity index (χ2n) is 5.51. The van der Waals surface area contributed by atoms with Crippen molar-refractivity contribution in [1.82, 2.24) is 9.62 Å². The smallest absolute Gasteiger partial charge is 0.243 e. The van der Waals surface area contributed by atoms with Crippen molar-refractivity contribution in [1.29, 1.82) is 0 Å². The van der Waals surface area contributed by atoms with E-state index >= 15 is 0 Å². The molecule has 0 aliphatic carbocycles. The molecule has 1 aliphatic rings. The first-order valence-corrected chi connectivity index (χ1v) is 9.32. The number of hydrogen-bond donors (Lipinski definition) is 1. The van der Waals surface area contributed by atoms with Gasteiger partial charge in [0.2, 0.25) is 10.0 Å². The third kappa shape index (κ3) is 4.42. The van der Waals surface area contributed by atoms with E-state index in [-0.39, 0.29) is 0 Å². The minimum atomic E-state index is -3.43. The molecule has 0 spiro atoms. The lowest BCUT2D eigenvalue weighted by Crippen LogP contribution is -2.39. The molecule has 1 N–H and O–H groups in total. The monoisotopic (exact) mass is 330 g/mol. The summed E-state index contributed by atoms with van der Waals surface area (Å²) in [6.45, 7) is 5.14. The van der Waals surface area contributed by atoms with Crippen LogP contribution in [0.1, 0.15) is 26.2 Å². The first kappa shape index (κ1) is 16.7. The van der Waals surface area contributed by atoms with Gasteiger partial charge in [0.1, 0.15) is 0 Å². The summed E-state index contributed by atoms with van der Waals surface area (Å²) < 4.78 is 27.2. The zero-order valence-corrected chi connectivity index (χ0v) is 14.0. The van der Waals surface area contributed by atoms with Crippen LogP contribution in [-0.2, 0) is 10.0 Å². The maximum absolute atomic E-state index is 12.8. The molecule has 1 aliphatic heterocycles. The summed E-state index contributed by atoms with van der Waals surface area (Å²) in [5, 5.41) is 3.86. The Morgan fingerprint density at radius 3 is 2.43 bits per heavy atom. The van der Waals surface area contributed by atoms with Crippen molar-refractivity contribution in [3.05, 3.63) is 29.3 Å². The van der Waals surface area contributed by atoms with Crippen LogP contribution in [-0.4, -0.2) is 38.9 Å². The summed E-state index contributed by atoms with van der Waals surface area (Å²) in [7, 11) is -3.43. The molecule has 6 heteroatoms. The quantitative estimate of drug-likeness (QED) is 0.872. The average Bonchev–Trinajstić information content (AvgIpc) is 2.48. The number of sulfonamides is 1. The minimum Gasteiger partial charge on any atom is -0.317 e. The van der Waals surface area contributed by atoms with Crippen molar-refractivity contribution >= 4 is 21.6 Å². The first-order chi connectivity index (χ1) is 10.0. The summed E-state index contributed by atoms with van der Waals surface area (Å²) >= 11 is 5.84. The lowest BCUT2D eigenvalue weighted by Gasteiger charge is -2.29. The highest BCUT2D eigenvalue weighted by Gasteiger charge is 2.27. The van der Waals surface area contributed by atoms with Gasteiger partial charge in [0.05, 0.1) is 4.90 Å². The second kappa shape index (κ2) is 7.58. The van der Waals surface area contributed by atoms with Crippen LogP contribution in [0.5, 0.6) is 0 Å². The van der Waals surface area contributed by atoms with Crippen molar-refractivity contribution in [2.24, 2.45) is 5.92 Å². The molecule has 0 saturated carbocycles. The van der Waals surface area contributed by atoms with Gasteiger partial charge in [-0.25, -0.2) is 8.42 Å². The Labute approximate surface area is 132 Å². The van der Waals surface area contributed by atoms with Crippen LogP contribution in [0.15, 0.2) is 29.2 Å². The molecule has 118 valence electrons. The van der Waals surface area contributed by atoms with Gasteiger partial charge in [0, 0.05) is 18.1 Å². The fourth-order valence-corrected chi connectivity index (χ4v) is 4.40. The molecule has 1 aromatic rings. The van der Waals surface area contributed by atoms with E-state index < -0.39 is 10.0 Å². The van der Waals surface area contributed by atoms with E-state index in [1.165, 1.54) is 0 Å². The molecule has 1 aromatic carbocycles. The molecule has 0 radical (unpaired) electrons. The Morgan fingerprint density at radius 1 is 1.24 bits per heavy atom. The summed E-state index contributed by atoms with van der Waals surface area (Å²) in [4.78, 5) is 0.328. The lowest BCUT2D eigenvalue weighted by atomic mass is 9.98. The molecular formula is C15H23ClN2O2S. The molecule has 1 heterocycles. The minimum absolute atomic E-state index is 0.328. The summed E-state index contributed by atoms with van der Waals surface area (Å²) in [5.74, 6) is 0.444. The number of piperidine rings is 1. The van der Waals surface area contributed by atoms with E-state index in [1.807, 2.05) is 6.92 Å². The number of nitrogens with zero attached hydrogens (tertiary/aromatic N) is 1. The van der Waals surface area contributed by atoms with Crippen molar-refractivity contribution in [2.45, 2.75) is 31.1 Å². The van der Waals surface area contributed by atoms with Crippen LogP contribution >= 0.6 is 11.6 Å². The Hall–Kier alpha value is -0.620. The second-order valence-corrected chi connectivity index (χ2v) is 7.88. The van der Waals surface area contributed by atoms with Crippen molar-refractivity contribution < 1.29 is 8.42 Å². The Balaban J connectivity index is 2.16.